The standard InChI is InChI=1S/C22H23N3O4/c1-13-7-15(27-2)10-24-19(13)17(26)9-14-3-4-18-16(8-14)22(12-29-20(23)25-22)21(5-6-21)11-28-18/h3-4,7-8,10H,5-6,9,11-12H2,1-2H3,(H2,23,25). The Bertz CT molecular complexity index is 1040. The van der Waals surface area contributed by atoms with E-state index in [1.54, 1.807) is 13.3 Å². The lowest BCUT2D eigenvalue weighted by Gasteiger charge is -2.39. The summed E-state index contributed by atoms with van der Waals surface area (Å²) in [5, 5.41) is 0. The van der Waals surface area contributed by atoms with Gasteiger partial charge in [-0.05, 0) is 49.1 Å². The van der Waals surface area contributed by atoms with Gasteiger partial charge in [-0.3, -0.25) is 4.79 Å². The average molecular weight is 393 g/mol. The second-order valence-corrected chi connectivity index (χ2v) is 8.14. The first kappa shape index (κ1) is 18.0. The molecule has 0 radical (unpaired) electrons. The highest BCUT2D eigenvalue weighted by molar-refractivity contribution is 5.97. The molecule has 5 rings (SSSR count). The van der Waals surface area contributed by atoms with Crippen LogP contribution in [-0.4, -0.2) is 37.1 Å². The van der Waals surface area contributed by atoms with E-state index in [0.717, 1.165) is 35.3 Å². The Labute approximate surface area is 168 Å². The number of aliphatic imine (C=N–C) groups is 1. The molecule has 2 aromatic rings. The summed E-state index contributed by atoms with van der Waals surface area (Å²) < 4.78 is 16.8. The van der Waals surface area contributed by atoms with Crippen LogP contribution in [0.5, 0.6) is 11.5 Å². The van der Waals surface area contributed by atoms with Crippen LogP contribution in [0.15, 0.2) is 35.5 Å². The highest BCUT2D eigenvalue weighted by Gasteiger charge is 2.66. The molecule has 1 fully saturated rings. The molecule has 7 nitrogen and oxygen atoms in total. The normalized spacial score (nSPS) is 23.2. The molecule has 2 spiro atoms. The van der Waals surface area contributed by atoms with E-state index in [1.807, 2.05) is 31.2 Å². The fourth-order valence-corrected chi connectivity index (χ4v) is 4.53. The van der Waals surface area contributed by atoms with Crippen LogP contribution in [0.1, 0.15) is 40.0 Å². The number of carbonyl (C=O) groups is 1. The van der Waals surface area contributed by atoms with Gasteiger partial charge in [0.2, 0.25) is 0 Å². The summed E-state index contributed by atoms with van der Waals surface area (Å²) in [4.78, 5) is 21.9. The van der Waals surface area contributed by atoms with E-state index < -0.39 is 5.54 Å². The van der Waals surface area contributed by atoms with E-state index in [2.05, 4.69) is 4.98 Å². The van der Waals surface area contributed by atoms with Crippen LogP contribution in [0.25, 0.3) is 0 Å². The zero-order valence-corrected chi connectivity index (χ0v) is 16.5. The van der Waals surface area contributed by atoms with E-state index in [9.17, 15) is 4.79 Å². The molecular weight excluding hydrogens is 370 g/mol. The Morgan fingerprint density at radius 2 is 2.07 bits per heavy atom. The quantitative estimate of drug-likeness (QED) is 0.802. The van der Waals surface area contributed by atoms with Gasteiger partial charge in [-0.25, -0.2) is 9.98 Å². The molecule has 3 aliphatic rings. The van der Waals surface area contributed by atoms with Crippen molar-refractivity contribution < 1.29 is 19.0 Å². The van der Waals surface area contributed by atoms with E-state index >= 15 is 0 Å². The van der Waals surface area contributed by atoms with Crippen molar-refractivity contribution in [1.82, 2.24) is 4.98 Å². The summed E-state index contributed by atoms with van der Waals surface area (Å²) in [5.74, 6) is 1.39. The highest BCUT2D eigenvalue weighted by atomic mass is 16.5. The Hall–Kier alpha value is -3.09. The summed E-state index contributed by atoms with van der Waals surface area (Å²) in [6, 6.07) is 7.92. The van der Waals surface area contributed by atoms with Crippen molar-refractivity contribution in [3.8, 4) is 11.5 Å². The number of methoxy groups -OCH3 is 1. The molecule has 1 saturated carbocycles. The predicted octanol–water partition coefficient (Wildman–Crippen LogP) is 2.54. The zero-order valence-electron chi connectivity index (χ0n) is 16.5. The topological polar surface area (TPSA) is 96.0 Å². The highest BCUT2D eigenvalue weighted by Crippen LogP contribution is 2.65. The average Bonchev–Trinajstić information content (AvgIpc) is 3.40. The molecule has 3 heterocycles. The second-order valence-electron chi connectivity index (χ2n) is 8.14. The lowest BCUT2D eigenvalue weighted by atomic mass is 9.74. The Morgan fingerprint density at radius 3 is 2.72 bits per heavy atom. The molecule has 2 aliphatic heterocycles. The van der Waals surface area contributed by atoms with Crippen molar-refractivity contribution in [3.63, 3.8) is 0 Å². The third-order valence-corrected chi connectivity index (χ3v) is 6.37. The molecule has 1 unspecified atom stereocenters. The number of nitrogens with two attached hydrogens (primary N) is 1. The second kappa shape index (κ2) is 6.20. The van der Waals surface area contributed by atoms with Crippen molar-refractivity contribution in [2.24, 2.45) is 16.1 Å². The number of hydrogen-bond donors (Lipinski definition) is 1. The number of ketones is 1. The number of rotatable bonds is 4. The van der Waals surface area contributed by atoms with Gasteiger partial charge < -0.3 is 19.9 Å². The number of nitrogens with zero attached hydrogens (tertiary/aromatic N) is 2. The third kappa shape index (κ3) is 2.68. The maximum atomic E-state index is 12.9. The number of amidine groups is 1. The lowest BCUT2D eigenvalue weighted by molar-refractivity contribution is 0.0869. The van der Waals surface area contributed by atoms with E-state index in [-0.39, 0.29) is 23.6 Å². The predicted molar refractivity (Wildman–Crippen MR) is 106 cm³/mol. The van der Waals surface area contributed by atoms with E-state index in [0.29, 0.717) is 24.7 Å². The molecule has 0 bridgehead atoms. The molecule has 1 aromatic carbocycles. The monoisotopic (exact) mass is 393 g/mol. The summed E-state index contributed by atoms with van der Waals surface area (Å²) in [7, 11) is 1.58. The molecule has 1 aliphatic carbocycles. The molecule has 29 heavy (non-hydrogen) atoms. The minimum Gasteiger partial charge on any atom is -0.495 e. The Kier molecular flexibility index (Phi) is 3.84. The smallest absolute Gasteiger partial charge is 0.283 e. The molecule has 0 saturated heterocycles. The van der Waals surface area contributed by atoms with Gasteiger partial charge in [-0.1, -0.05) is 6.07 Å². The third-order valence-electron chi connectivity index (χ3n) is 6.37. The summed E-state index contributed by atoms with van der Waals surface area (Å²) in [6.07, 6.45) is 3.88. The molecule has 7 heteroatoms. The minimum atomic E-state index is -0.516. The molecule has 1 atom stereocenters. The number of aromatic nitrogens is 1. The van der Waals surface area contributed by atoms with Crippen molar-refractivity contribution in [2.45, 2.75) is 31.7 Å². The van der Waals surface area contributed by atoms with Crippen molar-refractivity contribution in [3.05, 3.63) is 52.8 Å². The van der Waals surface area contributed by atoms with Crippen molar-refractivity contribution in [1.29, 1.82) is 0 Å². The molecule has 0 amide bonds. The number of ether oxygens (including phenoxy) is 3. The Balaban J connectivity index is 1.48. The molecule has 150 valence electrons. The van der Waals surface area contributed by atoms with Gasteiger partial charge in [-0.15, -0.1) is 0 Å². The molecular formula is C22H23N3O4. The van der Waals surface area contributed by atoms with Crippen molar-refractivity contribution >= 4 is 11.8 Å². The van der Waals surface area contributed by atoms with Crippen LogP contribution in [0, 0.1) is 12.3 Å². The number of benzene rings is 1. The van der Waals surface area contributed by atoms with Gasteiger partial charge in [0.05, 0.1) is 19.9 Å². The van der Waals surface area contributed by atoms with Gasteiger partial charge in [0.25, 0.3) is 6.02 Å². The number of aryl methyl sites for hydroxylation is 1. The largest absolute Gasteiger partial charge is 0.495 e. The number of fused-ring (bicyclic) bond motifs is 3. The summed E-state index contributed by atoms with van der Waals surface area (Å²) in [6.45, 7) is 2.90. The zero-order chi connectivity index (χ0) is 20.2. The minimum absolute atomic E-state index is 0.0392. The number of hydrogen-bond acceptors (Lipinski definition) is 7. The van der Waals surface area contributed by atoms with Crippen LogP contribution in [0.2, 0.25) is 0 Å². The van der Waals surface area contributed by atoms with Gasteiger partial charge >= 0.3 is 0 Å². The van der Waals surface area contributed by atoms with Gasteiger partial charge in [0.1, 0.15) is 29.3 Å². The maximum absolute atomic E-state index is 12.9. The van der Waals surface area contributed by atoms with Crippen LogP contribution in [0.4, 0.5) is 0 Å². The van der Waals surface area contributed by atoms with E-state index in [1.165, 1.54) is 0 Å². The first-order chi connectivity index (χ1) is 14.0. The van der Waals surface area contributed by atoms with E-state index in [4.69, 9.17) is 24.9 Å². The fraction of sp³-hybridized carbons (Fsp3) is 0.409. The van der Waals surface area contributed by atoms with Gasteiger partial charge in [0.15, 0.2) is 5.78 Å². The van der Waals surface area contributed by atoms with Crippen LogP contribution in [-0.2, 0) is 16.7 Å². The Morgan fingerprint density at radius 1 is 1.24 bits per heavy atom. The van der Waals surface area contributed by atoms with Crippen LogP contribution in [0.3, 0.4) is 0 Å². The van der Waals surface area contributed by atoms with Gasteiger partial charge in [0, 0.05) is 17.4 Å². The maximum Gasteiger partial charge on any atom is 0.283 e. The summed E-state index contributed by atoms with van der Waals surface area (Å²) in [5.41, 5.74) is 8.44. The lowest BCUT2D eigenvalue weighted by Crippen LogP contribution is -2.44. The SMILES string of the molecule is COc1cnc(C(=O)Cc2ccc3c(c2)C2(COC(N)=N2)C2(CC2)CO3)c(C)c1. The fourth-order valence-electron chi connectivity index (χ4n) is 4.53. The molecule has 1 aromatic heterocycles. The first-order valence-electron chi connectivity index (χ1n) is 9.75. The van der Waals surface area contributed by atoms with Gasteiger partial charge in [-0.2, -0.15) is 0 Å². The first-order valence-corrected chi connectivity index (χ1v) is 9.75. The number of carbonyl (C=O) groups excluding carboxylic acids is 1. The van der Waals surface area contributed by atoms with Crippen LogP contribution < -0.4 is 15.2 Å². The summed E-state index contributed by atoms with van der Waals surface area (Å²) >= 11 is 0. The number of Topliss-reactive ketones (excluding diaryl/α,β-unsaturated/α-hetero) is 1. The van der Waals surface area contributed by atoms with Crippen LogP contribution >= 0.6 is 0 Å². The van der Waals surface area contributed by atoms with Crippen molar-refractivity contribution in [2.75, 3.05) is 20.3 Å². The number of pyridine rings is 1. The molecule has 2 N–H and O–H groups in total.